The molecule has 4 rings (SSSR count). The molecule has 0 saturated carbocycles. The van der Waals surface area contributed by atoms with Crippen molar-refractivity contribution < 1.29 is 0 Å². The van der Waals surface area contributed by atoms with Crippen molar-refractivity contribution in [2.45, 2.75) is 6.54 Å². The second-order valence-electron chi connectivity index (χ2n) is 6.78. The molecule has 0 aliphatic heterocycles. The summed E-state index contributed by atoms with van der Waals surface area (Å²) in [5.74, 6) is 0.331. The van der Waals surface area contributed by atoms with Crippen LogP contribution in [0.3, 0.4) is 0 Å². The Bertz CT molecular complexity index is 1370. The fourth-order valence-electron chi connectivity index (χ4n) is 3.19. The molecular weight excluding hydrogens is 404 g/mol. The number of benzene rings is 2. The molecule has 1 N–H and O–H groups in total. The van der Waals surface area contributed by atoms with Crippen molar-refractivity contribution in [2.24, 2.45) is 19.2 Å². The van der Waals surface area contributed by atoms with Gasteiger partial charge >= 0.3 is 5.69 Å². The third kappa shape index (κ3) is 3.53. The van der Waals surface area contributed by atoms with E-state index in [1.54, 1.807) is 30.9 Å². The summed E-state index contributed by atoms with van der Waals surface area (Å²) < 4.78 is 4.15. The molecule has 30 heavy (non-hydrogen) atoms. The molecule has 152 valence electrons. The molecule has 0 bridgehead atoms. The van der Waals surface area contributed by atoms with Crippen LogP contribution in [0.1, 0.15) is 11.1 Å². The lowest BCUT2D eigenvalue weighted by Gasteiger charge is -2.08. The molecule has 0 fully saturated rings. The maximum absolute atomic E-state index is 13.1. The number of hydrazone groups is 1. The Morgan fingerprint density at radius 1 is 1.03 bits per heavy atom. The van der Waals surface area contributed by atoms with Crippen LogP contribution in [0.25, 0.3) is 11.2 Å². The van der Waals surface area contributed by atoms with E-state index in [-0.39, 0.29) is 12.2 Å². The number of nitrogens with one attached hydrogen (secondary N) is 1. The first-order valence-corrected chi connectivity index (χ1v) is 9.59. The average Bonchev–Trinajstić information content (AvgIpc) is 3.08. The van der Waals surface area contributed by atoms with Gasteiger partial charge in [-0.1, -0.05) is 60.1 Å². The predicted molar refractivity (Wildman–Crippen MR) is 118 cm³/mol. The Balaban J connectivity index is 1.74. The van der Waals surface area contributed by atoms with Crippen LogP contribution in [0.2, 0.25) is 5.02 Å². The lowest BCUT2D eigenvalue weighted by molar-refractivity contribution is 0.655. The molecule has 2 aromatic carbocycles. The van der Waals surface area contributed by atoms with Gasteiger partial charge in [0.2, 0.25) is 5.95 Å². The van der Waals surface area contributed by atoms with Gasteiger partial charge in [-0.2, -0.15) is 10.1 Å². The Labute approximate surface area is 176 Å². The zero-order valence-corrected chi connectivity index (χ0v) is 17.2. The maximum Gasteiger partial charge on any atom is 0.332 e. The molecule has 0 unspecified atom stereocenters. The van der Waals surface area contributed by atoms with E-state index in [1.807, 2.05) is 48.5 Å². The van der Waals surface area contributed by atoms with E-state index in [0.29, 0.717) is 16.5 Å². The minimum atomic E-state index is -0.430. The highest BCUT2D eigenvalue weighted by atomic mass is 35.5. The van der Waals surface area contributed by atoms with Crippen molar-refractivity contribution in [1.29, 1.82) is 0 Å². The van der Waals surface area contributed by atoms with E-state index in [4.69, 9.17) is 11.6 Å². The van der Waals surface area contributed by atoms with E-state index in [0.717, 1.165) is 11.1 Å². The van der Waals surface area contributed by atoms with Crippen LogP contribution >= 0.6 is 11.6 Å². The van der Waals surface area contributed by atoms with Crippen molar-refractivity contribution in [3.05, 3.63) is 91.6 Å². The smallest absolute Gasteiger partial charge is 0.306 e. The number of imidazole rings is 1. The molecule has 0 aliphatic carbocycles. The summed E-state index contributed by atoms with van der Waals surface area (Å²) in [7, 11) is 3.29. The van der Waals surface area contributed by atoms with Gasteiger partial charge in [0.15, 0.2) is 11.2 Å². The summed E-state index contributed by atoms with van der Waals surface area (Å²) >= 11 is 6.12. The molecule has 0 amide bonds. The number of halogens is 1. The highest BCUT2D eigenvalue weighted by molar-refractivity contribution is 6.33. The number of aromatic nitrogens is 4. The van der Waals surface area contributed by atoms with Crippen LogP contribution in [0, 0.1) is 0 Å². The highest BCUT2D eigenvalue weighted by Crippen LogP contribution is 2.15. The predicted octanol–water partition coefficient (Wildman–Crippen LogP) is 2.58. The molecule has 0 aliphatic rings. The number of rotatable bonds is 5. The summed E-state index contributed by atoms with van der Waals surface area (Å²) in [5.41, 5.74) is 4.18. The summed E-state index contributed by atoms with van der Waals surface area (Å²) in [4.78, 5) is 30.3. The van der Waals surface area contributed by atoms with Crippen molar-refractivity contribution in [1.82, 2.24) is 18.7 Å². The van der Waals surface area contributed by atoms with E-state index in [9.17, 15) is 9.59 Å². The summed E-state index contributed by atoms with van der Waals surface area (Å²) in [5, 5.41) is 4.73. The number of nitrogens with zero attached hydrogens (tertiary/aromatic N) is 5. The average molecular weight is 423 g/mol. The normalized spacial score (nSPS) is 11.4. The van der Waals surface area contributed by atoms with Crippen molar-refractivity contribution in [2.75, 3.05) is 5.43 Å². The zero-order valence-electron chi connectivity index (χ0n) is 16.4. The van der Waals surface area contributed by atoms with Gasteiger partial charge in [0.1, 0.15) is 0 Å². The third-order valence-electron chi connectivity index (χ3n) is 4.82. The fraction of sp³-hybridized carbons (Fsp3) is 0.143. The molecule has 9 heteroatoms. The van der Waals surface area contributed by atoms with Gasteiger partial charge in [0.25, 0.3) is 5.56 Å². The zero-order chi connectivity index (χ0) is 21.3. The summed E-state index contributed by atoms with van der Waals surface area (Å²) in [6.07, 6.45) is 1.56. The molecular formula is C21H19ClN6O2. The first-order valence-electron chi connectivity index (χ1n) is 9.21. The van der Waals surface area contributed by atoms with Gasteiger partial charge in [0.05, 0.1) is 12.8 Å². The van der Waals surface area contributed by atoms with Gasteiger partial charge < -0.3 is 4.57 Å². The molecule has 4 aromatic rings. The van der Waals surface area contributed by atoms with Crippen molar-refractivity contribution in [3.8, 4) is 0 Å². The van der Waals surface area contributed by atoms with E-state index < -0.39 is 11.2 Å². The van der Waals surface area contributed by atoms with E-state index in [1.165, 1.54) is 9.13 Å². The van der Waals surface area contributed by atoms with E-state index in [2.05, 4.69) is 15.5 Å². The second-order valence-corrected chi connectivity index (χ2v) is 7.18. The minimum absolute atomic E-state index is 0.181. The lowest BCUT2D eigenvalue weighted by atomic mass is 10.2. The Morgan fingerprint density at radius 3 is 2.47 bits per heavy atom. The van der Waals surface area contributed by atoms with Crippen LogP contribution in [0.5, 0.6) is 0 Å². The molecule has 0 spiro atoms. The monoisotopic (exact) mass is 422 g/mol. The summed E-state index contributed by atoms with van der Waals surface area (Å²) in [6.45, 7) is 0.181. The van der Waals surface area contributed by atoms with Crippen molar-refractivity contribution in [3.63, 3.8) is 0 Å². The molecule has 2 aromatic heterocycles. The van der Waals surface area contributed by atoms with Gasteiger partial charge in [-0.25, -0.2) is 10.2 Å². The third-order valence-corrected chi connectivity index (χ3v) is 5.16. The van der Waals surface area contributed by atoms with Crippen LogP contribution in [-0.2, 0) is 20.6 Å². The molecule has 8 nitrogen and oxygen atoms in total. The lowest BCUT2D eigenvalue weighted by Crippen LogP contribution is -2.39. The number of aryl methyl sites for hydroxylation is 2. The van der Waals surface area contributed by atoms with Crippen LogP contribution in [-0.4, -0.2) is 24.9 Å². The SMILES string of the molecule is Cn1c(NN=Cc2ccccc2Cl)nc2c1c(=O)n(Cc1ccccc1)c(=O)n2C. The van der Waals surface area contributed by atoms with Gasteiger partial charge in [-0.3, -0.25) is 13.9 Å². The topological polar surface area (TPSA) is 86.2 Å². The molecule has 2 heterocycles. The van der Waals surface area contributed by atoms with Gasteiger partial charge in [-0.05, 0) is 11.6 Å². The molecule has 0 saturated heterocycles. The fourth-order valence-corrected chi connectivity index (χ4v) is 3.37. The maximum atomic E-state index is 13.1. The molecule has 0 atom stereocenters. The number of hydrogen-bond acceptors (Lipinski definition) is 5. The standard InChI is InChI=1S/C21H19ClN6O2/c1-26-17-18(24-20(26)25-23-12-15-10-6-7-11-16(15)22)27(2)21(30)28(19(17)29)13-14-8-4-3-5-9-14/h3-12H,13H2,1-2H3,(H,24,25). The van der Waals surface area contributed by atoms with E-state index >= 15 is 0 Å². The van der Waals surface area contributed by atoms with Crippen LogP contribution in [0.15, 0.2) is 69.3 Å². The minimum Gasteiger partial charge on any atom is -0.306 e. The molecule has 0 radical (unpaired) electrons. The summed E-state index contributed by atoms with van der Waals surface area (Å²) in [6, 6.07) is 16.6. The van der Waals surface area contributed by atoms with Crippen molar-refractivity contribution >= 4 is 34.9 Å². The Kier molecular flexibility index (Phi) is 5.24. The van der Waals surface area contributed by atoms with Crippen LogP contribution < -0.4 is 16.7 Å². The quantitative estimate of drug-likeness (QED) is 0.395. The van der Waals surface area contributed by atoms with Gasteiger partial charge in [0, 0.05) is 24.7 Å². The Hall–Kier alpha value is -3.65. The number of fused-ring (bicyclic) bond motifs is 1. The van der Waals surface area contributed by atoms with Gasteiger partial charge in [-0.15, -0.1) is 0 Å². The Morgan fingerprint density at radius 2 is 1.73 bits per heavy atom. The second kappa shape index (κ2) is 8.00. The van der Waals surface area contributed by atoms with Crippen LogP contribution in [0.4, 0.5) is 5.95 Å². The number of hydrogen-bond donors (Lipinski definition) is 1. The first-order chi connectivity index (χ1) is 14.5. The highest BCUT2D eigenvalue weighted by Gasteiger charge is 2.18. The largest absolute Gasteiger partial charge is 0.332 e. The number of anilines is 1. The first kappa shape index (κ1) is 19.7.